The number of hydrogen-bond acceptors (Lipinski definition) is 3. The fourth-order valence-corrected chi connectivity index (χ4v) is 1.52. The second-order valence-corrected chi connectivity index (χ2v) is 3.23. The van der Waals surface area contributed by atoms with Crippen molar-refractivity contribution in [2.45, 2.75) is 0 Å². The molecule has 0 bridgehead atoms. The fourth-order valence-electron chi connectivity index (χ4n) is 1.32. The number of nitrogens with two attached hydrogens (primary N) is 2. The van der Waals surface area contributed by atoms with Gasteiger partial charge in [0, 0.05) is 5.39 Å². The highest BCUT2D eigenvalue weighted by atomic mass is 35.5. The highest BCUT2D eigenvalue weighted by Gasteiger charge is 2.14. The van der Waals surface area contributed by atoms with E-state index in [2.05, 4.69) is 0 Å². The van der Waals surface area contributed by atoms with Crippen LogP contribution in [0.3, 0.4) is 0 Å². The molecule has 1 amide bonds. The molecule has 0 saturated heterocycles. The topological polar surface area (TPSA) is 82.2 Å². The van der Waals surface area contributed by atoms with E-state index >= 15 is 0 Å². The number of primary amides is 1. The van der Waals surface area contributed by atoms with Gasteiger partial charge in [-0.25, -0.2) is 0 Å². The molecule has 0 radical (unpaired) electrons. The Balaban J connectivity index is 2.91. The van der Waals surface area contributed by atoms with E-state index in [-0.39, 0.29) is 5.69 Å². The third kappa shape index (κ3) is 1.12. The summed E-state index contributed by atoms with van der Waals surface area (Å²) in [5.41, 5.74) is 11.7. The van der Waals surface area contributed by atoms with Crippen molar-refractivity contribution in [2.75, 3.05) is 5.73 Å². The van der Waals surface area contributed by atoms with Gasteiger partial charge in [-0.3, -0.25) is 4.79 Å². The second-order valence-electron chi connectivity index (χ2n) is 2.85. The van der Waals surface area contributed by atoms with Crippen LogP contribution in [0.5, 0.6) is 0 Å². The Morgan fingerprint density at radius 3 is 2.86 bits per heavy atom. The van der Waals surface area contributed by atoms with E-state index in [4.69, 9.17) is 27.5 Å². The van der Waals surface area contributed by atoms with Crippen LogP contribution in [0, 0.1) is 0 Å². The molecule has 4 N–H and O–H groups in total. The van der Waals surface area contributed by atoms with Crippen LogP contribution in [0.15, 0.2) is 22.8 Å². The first-order chi connectivity index (χ1) is 6.61. The maximum Gasteiger partial charge on any atom is 0.249 e. The summed E-state index contributed by atoms with van der Waals surface area (Å²) in [7, 11) is 0. The molecule has 0 spiro atoms. The Morgan fingerprint density at radius 2 is 2.21 bits per heavy atom. The summed E-state index contributed by atoms with van der Waals surface area (Å²) in [4.78, 5) is 11.1. The number of carbonyl (C=O) groups excluding carboxylic acids is 1. The van der Waals surface area contributed by atoms with E-state index in [0.717, 1.165) is 0 Å². The average Bonchev–Trinajstić information content (AvgIpc) is 2.59. The van der Waals surface area contributed by atoms with Crippen LogP contribution in [-0.4, -0.2) is 5.91 Å². The average molecular weight is 211 g/mol. The number of halogens is 1. The van der Waals surface area contributed by atoms with Gasteiger partial charge in [-0.15, -0.1) is 0 Å². The Bertz CT molecular complexity index is 519. The van der Waals surface area contributed by atoms with Gasteiger partial charge in [-0.1, -0.05) is 11.6 Å². The Kier molecular flexibility index (Phi) is 1.86. The number of furan rings is 1. The molecule has 5 heteroatoms. The molecular weight excluding hydrogens is 204 g/mol. The normalized spacial score (nSPS) is 10.6. The van der Waals surface area contributed by atoms with Gasteiger partial charge in [0.25, 0.3) is 0 Å². The smallest absolute Gasteiger partial charge is 0.249 e. The molecule has 2 aromatic rings. The summed E-state index contributed by atoms with van der Waals surface area (Å²) in [6, 6.07) is 3.07. The number of anilines is 1. The van der Waals surface area contributed by atoms with Crippen molar-refractivity contribution in [3.63, 3.8) is 0 Å². The minimum atomic E-state index is -0.556. The number of nitrogen functional groups attached to an aromatic ring is 1. The summed E-state index contributed by atoms with van der Waals surface area (Å²) in [6.45, 7) is 0. The van der Waals surface area contributed by atoms with Gasteiger partial charge in [-0.05, 0) is 12.1 Å². The summed E-state index contributed by atoms with van der Waals surface area (Å²) >= 11 is 5.87. The number of rotatable bonds is 1. The molecule has 14 heavy (non-hydrogen) atoms. The lowest BCUT2D eigenvalue weighted by Crippen LogP contribution is -2.11. The number of fused-ring (bicyclic) bond motifs is 1. The molecule has 1 heterocycles. The van der Waals surface area contributed by atoms with Gasteiger partial charge in [-0.2, -0.15) is 0 Å². The zero-order valence-electron chi connectivity index (χ0n) is 7.08. The lowest BCUT2D eigenvalue weighted by molar-refractivity contribution is 0.100. The fraction of sp³-hybridized carbons (Fsp3) is 0. The molecule has 0 aliphatic rings. The first-order valence-electron chi connectivity index (χ1n) is 3.86. The van der Waals surface area contributed by atoms with Gasteiger partial charge >= 0.3 is 0 Å². The van der Waals surface area contributed by atoms with Crippen LogP contribution < -0.4 is 11.5 Å². The van der Waals surface area contributed by atoms with Crippen LogP contribution in [0.4, 0.5) is 5.69 Å². The Morgan fingerprint density at radius 1 is 1.50 bits per heavy atom. The van der Waals surface area contributed by atoms with Gasteiger partial charge in [0.2, 0.25) is 5.91 Å². The first kappa shape index (κ1) is 8.90. The van der Waals surface area contributed by atoms with Crippen molar-refractivity contribution in [1.82, 2.24) is 0 Å². The number of hydrogen-bond donors (Lipinski definition) is 2. The number of carbonyl (C=O) groups is 1. The van der Waals surface area contributed by atoms with E-state index in [0.29, 0.717) is 21.6 Å². The molecule has 4 nitrogen and oxygen atoms in total. The highest BCUT2D eigenvalue weighted by Crippen LogP contribution is 2.32. The van der Waals surface area contributed by atoms with Crippen LogP contribution in [0.2, 0.25) is 5.02 Å². The van der Waals surface area contributed by atoms with Crippen LogP contribution in [0.25, 0.3) is 11.0 Å². The standard InChI is InChI=1S/C9H7ClN2O2/c10-7-6(11)3-5(9(12)13)4-1-2-14-8(4)7/h1-3H,11H2,(H2,12,13). The lowest BCUT2D eigenvalue weighted by atomic mass is 10.1. The largest absolute Gasteiger partial charge is 0.463 e. The van der Waals surface area contributed by atoms with Gasteiger partial charge in [0.15, 0.2) is 5.58 Å². The Labute approximate surface area is 84.4 Å². The van der Waals surface area contributed by atoms with E-state index in [1.54, 1.807) is 6.07 Å². The van der Waals surface area contributed by atoms with Crippen molar-refractivity contribution < 1.29 is 9.21 Å². The zero-order chi connectivity index (χ0) is 10.3. The second kappa shape index (κ2) is 2.92. The predicted molar refractivity (Wildman–Crippen MR) is 54.2 cm³/mol. The van der Waals surface area contributed by atoms with Crippen LogP contribution in [0.1, 0.15) is 10.4 Å². The van der Waals surface area contributed by atoms with Crippen LogP contribution >= 0.6 is 11.6 Å². The minimum Gasteiger partial charge on any atom is -0.463 e. The molecule has 2 rings (SSSR count). The first-order valence-corrected chi connectivity index (χ1v) is 4.24. The molecule has 0 fully saturated rings. The van der Waals surface area contributed by atoms with Gasteiger partial charge in [0.05, 0.1) is 17.5 Å². The summed E-state index contributed by atoms with van der Waals surface area (Å²) in [5.74, 6) is -0.556. The minimum absolute atomic E-state index is 0.280. The maximum atomic E-state index is 11.1. The van der Waals surface area contributed by atoms with Crippen molar-refractivity contribution in [3.05, 3.63) is 29.0 Å². The van der Waals surface area contributed by atoms with Crippen LogP contribution in [-0.2, 0) is 0 Å². The molecule has 0 atom stereocenters. The quantitative estimate of drug-likeness (QED) is 0.704. The highest BCUT2D eigenvalue weighted by molar-refractivity contribution is 6.38. The molecule has 0 aliphatic carbocycles. The van der Waals surface area contributed by atoms with E-state index in [9.17, 15) is 4.79 Å². The molecule has 72 valence electrons. The monoisotopic (exact) mass is 210 g/mol. The Hall–Kier alpha value is -1.68. The zero-order valence-corrected chi connectivity index (χ0v) is 7.84. The number of amides is 1. The molecule has 0 aliphatic heterocycles. The van der Waals surface area contributed by atoms with Crippen molar-refractivity contribution >= 4 is 34.2 Å². The van der Waals surface area contributed by atoms with Crippen molar-refractivity contribution in [3.8, 4) is 0 Å². The molecular formula is C9H7ClN2O2. The van der Waals surface area contributed by atoms with Crippen molar-refractivity contribution in [1.29, 1.82) is 0 Å². The van der Waals surface area contributed by atoms with E-state index in [1.165, 1.54) is 12.3 Å². The number of benzene rings is 1. The van der Waals surface area contributed by atoms with Gasteiger partial charge < -0.3 is 15.9 Å². The molecule has 0 unspecified atom stereocenters. The molecule has 1 aromatic heterocycles. The summed E-state index contributed by atoms with van der Waals surface area (Å²) in [6.07, 6.45) is 1.43. The summed E-state index contributed by atoms with van der Waals surface area (Å²) < 4.78 is 5.10. The van der Waals surface area contributed by atoms with E-state index < -0.39 is 5.91 Å². The molecule has 1 aromatic carbocycles. The third-order valence-electron chi connectivity index (χ3n) is 1.97. The predicted octanol–water partition coefficient (Wildman–Crippen LogP) is 1.77. The molecule has 0 saturated carbocycles. The third-order valence-corrected chi connectivity index (χ3v) is 2.36. The van der Waals surface area contributed by atoms with E-state index in [1.807, 2.05) is 0 Å². The van der Waals surface area contributed by atoms with Gasteiger partial charge in [0.1, 0.15) is 5.02 Å². The lowest BCUT2D eigenvalue weighted by Gasteiger charge is -2.02. The summed E-state index contributed by atoms with van der Waals surface area (Å²) in [5, 5.41) is 0.881. The van der Waals surface area contributed by atoms with Crippen molar-refractivity contribution in [2.24, 2.45) is 5.73 Å². The SMILES string of the molecule is NC(=O)c1cc(N)c(Cl)c2occc12. The maximum absolute atomic E-state index is 11.1.